The summed E-state index contributed by atoms with van der Waals surface area (Å²) in [5, 5.41) is 3.66. The first-order valence-electron chi connectivity index (χ1n) is 7.99. The molecule has 0 unspecified atom stereocenters. The molecule has 0 aliphatic carbocycles. The van der Waals surface area contributed by atoms with Gasteiger partial charge in [0.25, 0.3) is 5.91 Å². The minimum Gasteiger partial charge on any atom is -0.493 e. The molecule has 1 N–H and O–H groups in total. The van der Waals surface area contributed by atoms with E-state index in [9.17, 15) is 9.59 Å². The number of hydrogen-bond acceptors (Lipinski definition) is 5. The average molecular weight is 412 g/mol. The highest BCUT2D eigenvalue weighted by Crippen LogP contribution is 2.31. The van der Waals surface area contributed by atoms with E-state index in [1.807, 2.05) is 0 Å². The topological polar surface area (TPSA) is 73.9 Å². The normalized spacial score (nSPS) is 11.4. The number of benzene rings is 2. The number of amides is 1. The fourth-order valence-corrected chi connectivity index (χ4v) is 3.04. The van der Waals surface area contributed by atoms with Crippen LogP contribution in [0, 0.1) is 0 Å². The molecule has 1 atom stereocenters. The van der Waals surface area contributed by atoms with E-state index in [0.717, 1.165) is 0 Å². The number of nitrogens with one attached hydrogen (secondary N) is 1. The smallest absolute Gasteiger partial charge is 0.342 e. The number of ether oxygens (including phenoxy) is 3. The van der Waals surface area contributed by atoms with E-state index >= 15 is 0 Å². The summed E-state index contributed by atoms with van der Waals surface area (Å²) in [6.07, 6.45) is 0. The van der Waals surface area contributed by atoms with Crippen molar-refractivity contribution < 1.29 is 23.8 Å². The molecule has 2 aromatic carbocycles. The molecule has 144 valence electrons. The minimum absolute atomic E-state index is 0.165. The van der Waals surface area contributed by atoms with Crippen LogP contribution in [0.5, 0.6) is 11.5 Å². The molecular weight excluding hydrogens is 393 g/mol. The average Bonchev–Trinajstić information content (AvgIpc) is 2.65. The van der Waals surface area contributed by atoms with Crippen LogP contribution >= 0.6 is 23.2 Å². The number of carbonyl (C=O) groups is 2. The van der Waals surface area contributed by atoms with Gasteiger partial charge in [-0.15, -0.1) is 0 Å². The summed E-state index contributed by atoms with van der Waals surface area (Å²) in [5.41, 5.74) is 0.869. The molecule has 0 radical (unpaired) electrons. The summed E-state index contributed by atoms with van der Waals surface area (Å²) in [6, 6.07) is 9.42. The lowest BCUT2D eigenvalue weighted by molar-refractivity contribution is -0.124. The third kappa shape index (κ3) is 5.28. The van der Waals surface area contributed by atoms with Crippen LogP contribution in [0.25, 0.3) is 0 Å². The second-order valence-electron chi connectivity index (χ2n) is 5.57. The zero-order chi connectivity index (χ0) is 20.0. The van der Waals surface area contributed by atoms with Crippen LogP contribution in [0.2, 0.25) is 10.0 Å². The van der Waals surface area contributed by atoms with Gasteiger partial charge in [-0.05, 0) is 36.8 Å². The van der Waals surface area contributed by atoms with Crippen LogP contribution in [0.4, 0.5) is 0 Å². The Labute approximate surface area is 167 Å². The van der Waals surface area contributed by atoms with Crippen molar-refractivity contribution >= 4 is 35.1 Å². The Morgan fingerprint density at radius 2 is 1.85 bits per heavy atom. The first-order valence-corrected chi connectivity index (χ1v) is 8.75. The molecule has 2 aromatic rings. The van der Waals surface area contributed by atoms with Crippen molar-refractivity contribution in [1.82, 2.24) is 5.32 Å². The molecule has 0 aromatic heterocycles. The molecule has 0 spiro atoms. The van der Waals surface area contributed by atoms with Gasteiger partial charge in [-0.3, -0.25) is 4.79 Å². The third-order valence-electron chi connectivity index (χ3n) is 3.76. The van der Waals surface area contributed by atoms with Crippen molar-refractivity contribution in [3.8, 4) is 11.5 Å². The number of rotatable bonds is 7. The number of carbonyl (C=O) groups excluding carboxylic acids is 2. The first-order chi connectivity index (χ1) is 12.9. The Morgan fingerprint density at radius 1 is 1.11 bits per heavy atom. The molecule has 0 bridgehead atoms. The van der Waals surface area contributed by atoms with E-state index < -0.39 is 18.5 Å². The number of methoxy groups -OCH3 is 2. The second-order valence-corrected chi connectivity index (χ2v) is 6.42. The Kier molecular flexibility index (Phi) is 7.33. The van der Waals surface area contributed by atoms with Gasteiger partial charge in [-0.1, -0.05) is 35.3 Å². The van der Waals surface area contributed by atoms with Gasteiger partial charge in [0.2, 0.25) is 0 Å². The Morgan fingerprint density at radius 3 is 2.48 bits per heavy atom. The van der Waals surface area contributed by atoms with Gasteiger partial charge < -0.3 is 19.5 Å². The maximum absolute atomic E-state index is 12.3. The highest BCUT2D eigenvalue weighted by molar-refractivity contribution is 6.35. The molecule has 1 amide bonds. The molecular formula is C19H19Cl2NO5. The molecule has 0 heterocycles. The molecule has 0 aliphatic rings. The van der Waals surface area contributed by atoms with Crippen LogP contribution in [-0.4, -0.2) is 32.7 Å². The molecule has 8 heteroatoms. The Bertz CT molecular complexity index is 841. The Hall–Kier alpha value is -2.44. The lowest BCUT2D eigenvalue weighted by atomic mass is 10.1. The van der Waals surface area contributed by atoms with Crippen LogP contribution in [0.3, 0.4) is 0 Å². The van der Waals surface area contributed by atoms with Gasteiger partial charge in [0.15, 0.2) is 18.1 Å². The maximum Gasteiger partial charge on any atom is 0.342 e. The molecule has 0 saturated carbocycles. The summed E-state index contributed by atoms with van der Waals surface area (Å²) < 4.78 is 15.4. The van der Waals surface area contributed by atoms with Crippen molar-refractivity contribution in [2.24, 2.45) is 0 Å². The van der Waals surface area contributed by atoms with Crippen molar-refractivity contribution in [2.75, 3.05) is 20.8 Å². The van der Waals surface area contributed by atoms with Crippen LogP contribution in [0.1, 0.15) is 28.9 Å². The molecule has 0 fully saturated rings. The molecule has 6 nitrogen and oxygen atoms in total. The fourth-order valence-electron chi connectivity index (χ4n) is 2.47. The third-order valence-corrected chi connectivity index (χ3v) is 4.33. The number of halogens is 2. The lowest BCUT2D eigenvalue weighted by Gasteiger charge is -2.16. The Balaban J connectivity index is 1.98. The van der Waals surface area contributed by atoms with Gasteiger partial charge in [0.1, 0.15) is 5.56 Å². The minimum atomic E-state index is -0.696. The van der Waals surface area contributed by atoms with Crippen molar-refractivity contribution in [3.05, 3.63) is 57.6 Å². The van der Waals surface area contributed by atoms with E-state index in [4.69, 9.17) is 37.4 Å². The van der Waals surface area contributed by atoms with E-state index in [1.54, 1.807) is 37.3 Å². The van der Waals surface area contributed by atoms with Gasteiger partial charge in [0, 0.05) is 10.0 Å². The maximum atomic E-state index is 12.3. The number of hydrogen-bond donors (Lipinski definition) is 1. The van der Waals surface area contributed by atoms with Crippen LogP contribution < -0.4 is 14.8 Å². The number of esters is 1. The molecule has 2 rings (SSSR count). The van der Waals surface area contributed by atoms with E-state index in [-0.39, 0.29) is 17.4 Å². The highest BCUT2D eigenvalue weighted by Gasteiger charge is 2.19. The predicted molar refractivity (Wildman–Crippen MR) is 103 cm³/mol. The molecule has 0 aliphatic heterocycles. The van der Waals surface area contributed by atoms with Gasteiger partial charge in [0.05, 0.1) is 20.3 Å². The zero-order valence-electron chi connectivity index (χ0n) is 15.0. The van der Waals surface area contributed by atoms with Crippen molar-refractivity contribution in [2.45, 2.75) is 13.0 Å². The summed E-state index contributed by atoms with van der Waals surface area (Å²) in [4.78, 5) is 24.4. The van der Waals surface area contributed by atoms with E-state index in [1.165, 1.54) is 20.3 Å². The van der Waals surface area contributed by atoms with Crippen molar-refractivity contribution in [3.63, 3.8) is 0 Å². The SMILES string of the molecule is COc1cccc(C(=O)OCC(=O)N[C@@H](C)c2ccc(Cl)cc2Cl)c1OC. The predicted octanol–water partition coefficient (Wildman–Crippen LogP) is 4.04. The second kappa shape index (κ2) is 9.48. The first kappa shape index (κ1) is 20.9. The molecule has 0 saturated heterocycles. The van der Waals surface area contributed by atoms with E-state index in [2.05, 4.69) is 5.32 Å². The van der Waals surface area contributed by atoms with Crippen LogP contribution in [-0.2, 0) is 9.53 Å². The van der Waals surface area contributed by atoms with Crippen LogP contribution in [0.15, 0.2) is 36.4 Å². The number of para-hydroxylation sites is 1. The largest absolute Gasteiger partial charge is 0.493 e. The molecule has 27 heavy (non-hydrogen) atoms. The van der Waals surface area contributed by atoms with Gasteiger partial charge in [-0.25, -0.2) is 4.79 Å². The lowest BCUT2D eigenvalue weighted by Crippen LogP contribution is -2.31. The van der Waals surface area contributed by atoms with Gasteiger partial charge >= 0.3 is 5.97 Å². The van der Waals surface area contributed by atoms with Crippen molar-refractivity contribution in [1.29, 1.82) is 0 Å². The summed E-state index contributed by atoms with van der Waals surface area (Å²) in [5.74, 6) is -0.532. The summed E-state index contributed by atoms with van der Waals surface area (Å²) in [7, 11) is 2.88. The summed E-state index contributed by atoms with van der Waals surface area (Å²) >= 11 is 12.0. The summed E-state index contributed by atoms with van der Waals surface area (Å²) in [6.45, 7) is 1.31. The van der Waals surface area contributed by atoms with Gasteiger partial charge in [-0.2, -0.15) is 0 Å². The monoisotopic (exact) mass is 411 g/mol. The van der Waals surface area contributed by atoms with E-state index in [0.29, 0.717) is 21.4 Å². The highest BCUT2D eigenvalue weighted by atomic mass is 35.5. The zero-order valence-corrected chi connectivity index (χ0v) is 16.6. The fraction of sp³-hybridized carbons (Fsp3) is 0.263. The quantitative estimate of drug-likeness (QED) is 0.695. The standard InChI is InChI=1S/C19H19Cl2NO5/c1-11(13-8-7-12(20)9-15(13)21)22-17(23)10-27-19(24)14-5-4-6-16(25-2)18(14)26-3/h4-9,11H,10H2,1-3H3,(H,22,23)/t11-/m0/s1.